The molecule has 3 nitrogen and oxygen atoms in total. The van der Waals surface area contributed by atoms with Crippen LogP contribution in [-0.2, 0) is 0 Å². The summed E-state index contributed by atoms with van der Waals surface area (Å²) in [7, 11) is 0. The van der Waals surface area contributed by atoms with Crippen LogP contribution < -0.4 is 4.90 Å². The molecule has 0 spiro atoms. The average molecular weight is 259 g/mol. The second-order valence-electron chi connectivity index (χ2n) is 5.90. The van der Waals surface area contributed by atoms with E-state index >= 15 is 0 Å². The van der Waals surface area contributed by atoms with Crippen molar-refractivity contribution in [3.63, 3.8) is 0 Å². The van der Waals surface area contributed by atoms with Crippen molar-refractivity contribution in [3.05, 3.63) is 29.3 Å². The minimum atomic E-state index is -0.832. The molecular weight excluding hydrogens is 238 g/mol. The topological polar surface area (TPSA) is 40.5 Å². The lowest BCUT2D eigenvalue weighted by molar-refractivity contribution is 0.0696. The summed E-state index contributed by atoms with van der Waals surface area (Å²) in [6, 6.07) is 6.46. The fourth-order valence-corrected chi connectivity index (χ4v) is 3.79. The number of aromatic carboxylic acids is 1. The first-order chi connectivity index (χ1) is 9.16. The number of carboxylic acids is 1. The van der Waals surface area contributed by atoms with E-state index in [9.17, 15) is 4.79 Å². The highest BCUT2D eigenvalue weighted by Crippen LogP contribution is 2.39. The lowest BCUT2D eigenvalue weighted by atomic mass is 9.85. The summed E-state index contributed by atoms with van der Waals surface area (Å²) in [6.07, 6.45) is 6.68. The second-order valence-corrected chi connectivity index (χ2v) is 5.90. The van der Waals surface area contributed by atoms with Crippen LogP contribution in [0.15, 0.2) is 18.2 Å². The first-order valence-corrected chi connectivity index (χ1v) is 7.27. The van der Waals surface area contributed by atoms with E-state index in [1.807, 2.05) is 19.1 Å². The number of rotatable bonds is 2. The van der Waals surface area contributed by atoms with Gasteiger partial charge >= 0.3 is 5.97 Å². The van der Waals surface area contributed by atoms with E-state index in [1.165, 1.54) is 37.8 Å². The second kappa shape index (κ2) is 4.87. The normalized spacial score (nSPS) is 26.3. The van der Waals surface area contributed by atoms with E-state index in [2.05, 4.69) is 4.90 Å². The van der Waals surface area contributed by atoms with Crippen LogP contribution >= 0.6 is 0 Å². The summed E-state index contributed by atoms with van der Waals surface area (Å²) in [4.78, 5) is 13.6. The minimum Gasteiger partial charge on any atom is -0.478 e. The zero-order chi connectivity index (χ0) is 13.4. The maximum Gasteiger partial charge on any atom is 0.335 e. The Labute approximate surface area is 114 Å². The van der Waals surface area contributed by atoms with Crippen molar-refractivity contribution in [3.8, 4) is 0 Å². The molecule has 1 aliphatic heterocycles. The summed E-state index contributed by atoms with van der Waals surface area (Å²) in [5, 5.41) is 9.10. The predicted octanol–water partition coefficient (Wildman–Crippen LogP) is 3.46. The van der Waals surface area contributed by atoms with Gasteiger partial charge in [-0.25, -0.2) is 4.79 Å². The lowest BCUT2D eigenvalue weighted by Gasteiger charge is -2.33. The third-order valence-corrected chi connectivity index (χ3v) is 4.78. The lowest BCUT2D eigenvalue weighted by Crippen LogP contribution is -2.34. The molecule has 1 saturated carbocycles. The molecule has 0 amide bonds. The molecule has 102 valence electrons. The third kappa shape index (κ3) is 2.22. The van der Waals surface area contributed by atoms with Crippen LogP contribution in [0.5, 0.6) is 0 Å². The van der Waals surface area contributed by atoms with Gasteiger partial charge in [0.1, 0.15) is 0 Å². The number of carboxylic acid groups (broad SMARTS) is 1. The molecule has 1 aromatic rings. The van der Waals surface area contributed by atoms with E-state index in [0.29, 0.717) is 11.6 Å². The Hall–Kier alpha value is -1.51. The number of hydrogen-bond acceptors (Lipinski definition) is 2. The van der Waals surface area contributed by atoms with Crippen molar-refractivity contribution in [1.29, 1.82) is 0 Å². The Morgan fingerprint density at radius 2 is 2.05 bits per heavy atom. The highest BCUT2D eigenvalue weighted by atomic mass is 16.4. The molecule has 2 aliphatic rings. The van der Waals surface area contributed by atoms with Crippen molar-refractivity contribution >= 4 is 11.7 Å². The number of fused-ring (bicyclic) bond motifs is 1. The van der Waals surface area contributed by atoms with Crippen LogP contribution in [0.1, 0.15) is 48.0 Å². The number of anilines is 1. The maximum atomic E-state index is 11.1. The van der Waals surface area contributed by atoms with Crippen LogP contribution in [0.25, 0.3) is 0 Å². The maximum absolute atomic E-state index is 11.1. The van der Waals surface area contributed by atoms with E-state index in [1.54, 1.807) is 6.07 Å². The molecule has 2 unspecified atom stereocenters. The summed E-state index contributed by atoms with van der Waals surface area (Å²) < 4.78 is 0. The molecule has 1 heterocycles. The third-order valence-electron chi connectivity index (χ3n) is 4.78. The van der Waals surface area contributed by atoms with Crippen molar-refractivity contribution < 1.29 is 9.90 Å². The molecule has 0 bridgehead atoms. The monoisotopic (exact) mass is 259 g/mol. The van der Waals surface area contributed by atoms with E-state index in [0.717, 1.165) is 18.0 Å². The molecule has 1 N–H and O–H groups in total. The van der Waals surface area contributed by atoms with E-state index < -0.39 is 5.97 Å². The molecule has 3 heteroatoms. The van der Waals surface area contributed by atoms with Gasteiger partial charge in [0, 0.05) is 18.3 Å². The molecule has 0 aromatic heterocycles. The molecule has 2 fully saturated rings. The summed E-state index contributed by atoms with van der Waals surface area (Å²) in [6.45, 7) is 3.02. The number of benzene rings is 1. The Morgan fingerprint density at radius 1 is 1.26 bits per heavy atom. The number of aryl methyl sites for hydroxylation is 1. The van der Waals surface area contributed by atoms with E-state index in [4.69, 9.17) is 5.11 Å². The first-order valence-electron chi connectivity index (χ1n) is 7.27. The molecule has 2 atom stereocenters. The average Bonchev–Trinajstić information content (AvgIpc) is 2.82. The standard InChI is InChI=1S/C16H21NO2/c1-11-10-13(6-7-14(11)16(18)19)17-9-8-12-4-2-3-5-15(12)17/h6-7,10,12,15H,2-5,8-9H2,1H3,(H,18,19). The van der Waals surface area contributed by atoms with E-state index in [-0.39, 0.29) is 0 Å². The van der Waals surface area contributed by atoms with Crippen LogP contribution in [0.3, 0.4) is 0 Å². The van der Waals surface area contributed by atoms with Gasteiger partial charge in [-0.15, -0.1) is 0 Å². The van der Waals surface area contributed by atoms with Crippen LogP contribution in [0.2, 0.25) is 0 Å². The Kier molecular flexibility index (Phi) is 3.21. The summed E-state index contributed by atoms with van der Waals surface area (Å²) in [5.74, 6) is 0.0224. The van der Waals surface area contributed by atoms with Crippen LogP contribution in [0.4, 0.5) is 5.69 Å². The highest BCUT2D eigenvalue weighted by Gasteiger charge is 2.35. The molecule has 1 saturated heterocycles. The number of carbonyl (C=O) groups is 1. The first kappa shape index (κ1) is 12.5. The highest BCUT2D eigenvalue weighted by molar-refractivity contribution is 5.89. The molecular formula is C16H21NO2. The van der Waals surface area contributed by atoms with Gasteiger partial charge in [0.2, 0.25) is 0 Å². The SMILES string of the molecule is Cc1cc(N2CCC3CCCCC32)ccc1C(=O)O. The molecule has 0 radical (unpaired) electrons. The van der Waals surface area contributed by atoms with Crippen molar-refractivity contribution in [2.24, 2.45) is 5.92 Å². The van der Waals surface area contributed by atoms with Crippen LogP contribution in [0, 0.1) is 12.8 Å². The number of nitrogens with zero attached hydrogens (tertiary/aromatic N) is 1. The van der Waals surface area contributed by atoms with Gasteiger partial charge in [-0.2, -0.15) is 0 Å². The van der Waals surface area contributed by atoms with Crippen LogP contribution in [-0.4, -0.2) is 23.7 Å². The minimum absolute atomic E-state index is 0.420. The quantitative estimate of drug-likeness (QED) is 0.884. The molecule has 1 aromatic carbocycles. The Balaban J connectivity index is 1.86. The van der Waals surface area contributed by atoms with Gasteiger partial charge in [0.25, 0.3) is 0 Å². The van der Waals surface area contributed by atoms with Gasteiger partial charge in [0.15, 0.2) is 0 Å². The fourth-order valence-electron chi connectivity index (χ4n) is 3.79. The van der Waals surface area contributed by atoms with Gasteiger partial charge in [0.05, 0.1) is 5.56 Å². The van der Waals surface area contributed by atoms with Crippen molar-refractivity contribution in [1.82, 2.24) is 0 Å². The van der Waals surface area contributed by atoms with Gasteiger partial charge in [-0.3, -0.25) is 0 Å². The zero-order valence-electron chi connectivity index (χ0n) is 11.4. The fraction of sp³-hybridized carbons (Fsp3) is 0.562. The Morgan fingerprint density at radius 3 is 2.79 bits per heavy atom. The van der Waals surface area contributed by atoms with Crippen molar-refractivity contribution in [2.75, 3.05) is 11.4 Å². The van der Waals surface area contributed by atoms with Crippen molar-refractivity contribution in [2.45, 2.75) is 45.1 Å². The summed E-state index contributed by atoms with van der Waals surface area (Å²) >= 11 is 0. The molecule has 3 rings (SSSR count). The predicted molar refractivity (Wildman–Crippen MR) is 75.8 cm³/mol. The van der Waals surface area contributed by atoms with Gasteiger partial charge in [-0.05, 0) is 55.9 Å². The Bertz CT molecular complexity index is 498. The largest absolute Gasteiger partial charge is 0.478 e. The zero-order valence-corrected chi connectivity index (χ0v) is 11.4. The molecule has 1 aliphatic carbocycles. The molecule has 19 heavy (non-hydrogen) atoms. The summed E-state index contributed by atoms with van der Waals surface area (Å²) in [5.41, 5.74) is 2.49. The van der Waals surface area contributed by atoms with Gasteiger partial charge in [-0.1, -0.05) is 12.8 Å². The number of hydrogen-bond donors (Lipinski definition) is 1. The smallest absolute Gasteiger partial charge is 0.335 e. The van der Waals surface area contributed by atoms with Gasteiger partial charge < -0.3 is 10.0 Å².